The third-order valence-electron chi connectivity index (χ3n) is 5.08. The third-order valence-corrected chi connectivity index (χ3v) is 6.16. The first-order valence-corrected chi connectivity index (χ1v) is 13.2. The van der Waals surface area contributed by atoms with Crippen LogP contribution in [0.1, 0.15) is 103 Å². The Morgan fingerprint density at radius 2 is 1.29 bits per heavy atom. The molecule has 0 aliphatic heterocycles. The van der Waals surface area contributed by atoms with Crippen LogP contribution in [0.5, 0.6) is 0 Å². The van der Waals surface area contributed by atoms with Gasteiger partial charge in [-0.2, -0.15) is 8.42 Å². The van der Waals surface area contributed by atoms with E-state index in [9.17, 15) is 22.6 Å². The number of carbonyl (C=O) groups excluding carboxylic acids is 2. The standard InChI is InChI=1S/C23H42O7S/c1-3-5-6-7-8-9-10-11-12-13-14-15-16-17-19-30-23(25)21(31(26,27)28)20-22(24)29-18-4-2/h4,21H,2-3,5-20H2,1H3,(H,26,27,28). The van der Waals surface area contributed by atoms with Crippen molar-refractivity contribution in [3.8, 4) is 0 Å². The molecule has 0 amide bonds. The largest absolute Gasteiger partial charge is 0.465 e. The predicted molar refractivity (Wildman–Crippen MR) is 122 cm³/mol. The molecule has 31 heavy (non-hydrogen) atoms. The van der Waals surface area contributed by atoms with E-state index in [0.29, 0.717) is 6.42 Å². The fourth-order valence-electron chi connectivity index (χ4n) is 3.23. The van der Waals surface area contributed by atoms with Crippen LogP contribution in [0.2, 0.25) is 0 Å². The highest BCUT2D eigenvalue weighted by atomic mass is 32.2. The van der Waals surface area contributed by atoms with Crippen molar-refractivity contribution in [1.82, 2.24) is 0 Å². The number of hydrogen-bond acceptors (Lipinski definition) is 6. The zero-order chi connectivity index (χ0) is 23.4. The molecule has 0 aromatic heterocycles. The molecule has 0 heterocycles. The van der Waals surface area contributed by atoms with Gasteiger partial charge in [0.25, 0.3) is 10.1 Å². The molecular formula is C23H42O7S. The van der Waals surface area contributed by atoms with E-state index >= 15 is 0 Å². The van der Waals surface area contributed by atoms with E-state index in [2.05, 4.69) is 18.2 Å². The van der Waals surface area contributed by atoms with Gasteiger partial charge in [0, 0.05) is 0 Å². The van der Waals surface area contributed by atoms with Crippen molar-refractivity contribution in [3.05, 3.63) is 12.7 Å². The Labute approximate surface area is 188 Å². The third kappa shape index (κ3) is 17.9. The van der Waals surface area contributed by atoms with Crippen LogP contribution in [0.25, 0.3) is 0 Å². The molecule has 0 rings (SSSR count). The summed E-state index contributed by atoms with van der Waals surface area (Å²) in [5.74, 6) is -2.05. The maximum atomic E-state index is 11.9. The van der Waals surface area contributed by atoms with Gasteiger partial charge in [-0.05, 0) is 6.42 Å². The number of unbranched alkanes of at least 4 members (excludes halogenated alkanes) is 13. The normalized spacial score (nSPS) is 12.3. The van der Waals surface area contributed by atoms with Crippen molar-refractivity contribution in [1.29, 1.82) is 0 Å². The lowest BCUT2D eigenvalue weighted by atomic mass is 10.0. The van der Waals surface area contributed by atoms with E-state index in [1.54, 1.807) is 0 Å². The van der Waals surface area contributed by atoms with Crippen LogP contribution >= 0.6 is 0 Å². The summed E-state index contributed by atoms with van der Waals surface area (Å²) in [6.45, 7) is 5.55. The molecule has 1 atom stereocenters. The van der Waals surface area contributed by atoms with E-state index in [1.807, 2.05) is 0 Å². The second-order valence-electron chi connectivity index (χ2n) is 7.94. The van der Waals surface area contributed by atoms with Crippen LogP contribution in [-0.2, 0) is 29.2 Å². The van der Waals surface area contributed by atoms with Crippen molar-refractivity contribution in [2.45, 2.75) is 108 Å². The molecule has 0 saturated heterocycles. The molecule has 0 aromatic rings. The molecule has 0 saturated carbocycles. The number of rotatable bonds is 21. The van der Waals surface area contributed by atoms with Gasteiger partial charge in [-0.15, -0.1) is 0 Å². The predicted octanol–water partition coefficient (Wildman–Crippen LogP) is 5.39. The topological polar surface area (TPSA) is 107 Å². The number of carbonyl (C=O) groups is 2. The highest BCUT2D eigenvalue weighted by Gasteiger charge is 2.35. The smallest absolute Gasteiger partial charge is 0.327 e. The Kier molecular flexibility index (Phi) is 18.4. The fraction of sp³-hybridized carbons (Fsp3) is 0.826. The lowest BCUT2D eigenvalue weighted by molar-refractivity contribution is -0.149. The van der Waals surface area contributed by atoms with E-state index in [1.165, 1.54) is 70.3 Å². The van der Waals surface area contributed by atoms with Crippen molar-refractivity contribution >= 4 is 22.1 Å². The number of esters is 2. The lowest BCUT2D eigenvalue weighted by Crippen LogP contribution is -2.34. The van der Waals surface area contributed by atoms with Crippen LogP contribution in [-0.4, -0.2) is 43.4 Å². The number of ether oxygens (including phenoxy) is 2. The van der Waals surface area contributed by atoms with Crippen LogP contribution in [0, 0.1) is 0 Å². The zero-order valence-electron chi connectivity index (χ0n) is 19.2. The highest BCUT2D eigenvalue weighted by Crippen LogP contribution is 2.13. The molecular weight excluding hydrogens is 420 g/mol. The zero-order valence-corrected chi connectivity index (χ0v) is 20.0. The van der Waals surface area contributed by atoms with Gasteiger partial charge < -0.3 is 9.47 Å². The fourth-order valence-corrected chi connectivity index (χ4v) is 3.89. The molecule has 0 aromatic carbocycles. The first kappa shape index (κ1) is 29.6. The first-order chi connectivity index (χ1) is 14.8. The van der Waals surface area contributed by atoms with Gasteiger partial charge in [-0.25, -0.2) is 0 Å². The molecule has 0 fully saturated rings. The summed E-state index contributed by atoms with van der Waals surface area (Å²) < 4.78 is 41.5. The van der Waals surface area contributed by atoms with E-state index < -0.39 is 33.7 Å². The van der Waals surface area contributed by atoms with Gasteiger partial charge in [-0.3, -0.25) is 14.1 Å². The van der Waals surface area contributed by atoms with Gasteiger partial charge >= 0.3 is 11.9 Å². The Balaban J connectivity index is 3.76. The summed E-state index contributed by atoms with van der Waals surface area (Å²) >= 11 is 0. The molecule has 0 bridgehead atoms. The highest BCUT2D eigenvalue weighted by molar-refractivity contribution is 7.87. The summed E-state index contributed by atoms with van der Waals surface area (Å²) in [7, 11) is -4.76. The molecule has 1 N–H and O–H groups in total. The average Bonchev–Trinajstić information content (AvgIpc) is 2.72. The maximum Gasteiger partial charge on any atom is 0.327 e. The Bertz CT molecular complexity index is 587. The SMILES string of the molecule is C=CCOC(=O)CC(C(=O)OCCCCCCCCCCCCCCCC)S(=O)(=O)O. The Morgan fingerprint density at radius 1 is 0.839 bits per heavy atom. The quantitative estimate of drug-likeness (QED) is 0.105. The molecule has 0 radical (unpaired) electrons. The van der Waals surface area contributed by atoms with Crippen molar-refractivity contribution in [2.75, 3.05) is 13.2 Å². The second-order valence-corrected chi connectivity index (χ2v) is 9.54. The average molecular weight is 463 g/mol. The summed E-state index contributed by atoms with van der Waals surface area (Å²) in [5, 5.41) is -1.96. The summed E-state index contributed by atoms with van der Waals surface area (Å²) in [4.78, 5) is 23.5. The maximum absolute atomic E-state index is 11.9. The summed E-state index contributed by atoms with van der Waals surface area (Å²) in [5.41, 5.74) is 0. The van der Waals surface area contributed by atoms with E-state index in [0.717, 1.165) is 19.3 Å². The van der Waals surface area contributed by atoms with Crippen LogP contribution < -0.4 is 0 Å². The van der Waals surface area contributed by atoms with Gasteiger partial charge in [0.15, 0.2) is 5.25 Å². The lowest BCUT2D eigenvalue weighted by Gasteiger charge is -2.12. The molecule has 0 spiro atoms. The van der Waals surface area contributed by atoms with Gasteiger partial charge in [0.05, 0.1) is 13.0 Å². The molecule has 7 nitrogen and oxygen atoms in total. The number of hydrogen-bond donors (Lipinski definition) is 1. The minimum atomic E-state index is -4.76. The molecule has 182 valence electrons. The minimum absolute atomic E-state index is 0.0601. The van der Waals surface area contributed by atoms with Gasteiger partial charge in [0.1, 0.15) is 6.61 Å². The van der Waals surface area contributed by atoms with Crippen molar-refractivity contribution in [2.24, 2.45) is 0 Å². The molecule has 1 unspecified atom stereocenters. The van der Waals surface area contributed by atoms with Crippen LogP contribution in [0.15, 0.2) is 12.7 Å². The van der Waals surface area contributed by atoms with Crippen molar-refractivity contribution < 1.29 is 32.0 Å². The first-order valence-electron chi connectivity index (χ1n) is 11.7. The molecule has 0 aliphatic carbocycles. The second kappa shape index (κ2) is 19.3. The van der Waals surface area contributed by atoms with Gasteiger partial charge in [-0.1, -0.05) is 103 Å². The minimum Gasteiger partial charge on any atom is -0.465 e. The van der Waals surface area contributed by atoms with E-state index in [4.69, 9.17) is 4.74 Å². The molecule has 8 heteroatoms. The Hall–Kier alpha value is -1.41. The van der Waals surface area contributed by atoms with Crippen LogP contribution in [0.3, 0.4) is 0 Å². The summed E-state index contributed by atoms with van der Waals surface area (Å²) in [6.07, 6.45) is 17.3. The van der Waals surface area contributed by atoms with Crippen molar-refractivity contribution in [3.63, 3.8) is 0 Å². The Morgan fingerprint density at radius 3 is 1.71 bits per heavy atom. The van der Waals surface area contributed by atoms with Gasteiger partial charge in [0.2, 0.25) is 0 Å². The summed E-state index contributed by atoms with van der Waals surface area (Å²) in [6, 6.07) is 0. The monoisotopic (exact) mass is 462 g/mol. The van der Waals surface area contributed by atoms with E-state index in [-0.39, 0.29) is 13.2 Å². The molecule has 0 aliphatic rings. The van der Waals surface area contributed by atoms with Crippen LogP contribution in [0.4, 0.5) is 0 Å².